The Kier molecular flexibility index (Phi) is 5.82. The summed E-state index contributed by atoms with van der Waals surface area (Å²) >= 11 is 0. The lowest BCUT2D eigenvalue weighted by molar-refractivity contribution is -0.115. The quantitative estimate of drug-likeness (QED) is 0.447. The lowest BCUT2D eigenvalue weighted by Gasteiger charge is -2.28. The van der Waals surface area contributed by atoms with Crippen molar-refractivity contribution in [1.82, 2.24) is 0 Å². The van der Waals surface area contributed by atoms with Gasteiger partial charge in [0, 0.05) is 12.1 Å². The molecule has 0 bridgehead atoms. The maximum Gasteiger partial charge on any atom is 0.336 e. The number of carboxylic acid groups (broad SMARTS) is 1. The van der Waals surface area contributed by atoms with E-state index in [1.165, 1.54) is 12.1 Å². The average Bonchev–Trinajstić information content (AvgIpc) is 3.72. The molecule has 0 spiro atoms. The molecule has 0 heterocycles. The molecular formula is C28H27FN2O3. The first-order valence-electron chi connectivity index (χ1n) is 11.7. The molecule has 174 valence electrons. The molecule has 2 aliphatic carbocycles. The minimum atomic E-state index is -1.12. The molecule has 0 atom stereocenters. The van der Waals surface area contributed by atoms with Gasteiger partial charge in [-0.3, -0.25) is 4.79 Å². The summed E-state index contributed by atoms with van der Waals surface area (Å²) in [4.78, 5) is 27.2. The van der Waals surface area contributed by atoms with Crippen molar-refractivity contribution in [3.05, 3.63) is 83.2 Å². The van der Waals surface area contributed by atoms with E-state index in [1.807, 2.05) is 43.3 Å². The van der Waals surface area contributed by atoms with E-state index in [4.69, 9.17) is 0 Å². The Labute approximate surface area is 198 Å². The molecule has 3 aromatic rings. The number of carboxylic acids is 1. The molecule has 3 aromatic carbocycles. The molecule has 2 fully saturated rings. The third-order valence-corrected chi connectivity index (χ3v) is 6.44. The van der Waals surface area contributed by atoms with Crippen LogP contribution in [0.5, 0.6) is 0 Å². The number of rotatable bonds is 8. The van der Waals surface area contributed by atoms with Gasteiger partial charge in [-0.25, -0.2) is 9.18 Å². The van der Waals surface area contributed by atoms with Crippen LogP contribution in [0.25, 0.3) is 11.1 Å². The molecule has 1 amide bonds. The van der Waals surface area contributed by atoms with E-state index in [9.17, 15) is 19.1 Å². The number of hydrogen-bond donors (Lipinski definition) is 2. The molecular weight excluding hydrogens is 431 g/mol. The third kappa shape index (κ3) is 4.81. The summed E-state index contributed by atoms with van der Waals surface area (Å²) in [5.41, 5.74) is 4.49. The number of nitrogens with zero attached hydrogens (tertiary/aromatic N) is 1. The average molecular weight is 459 g/mol. The number of amides is 1. The molecule has 2 saturated carbocycles. The molecule has 0 saturated heterocycles. The van der Waals surface area contributed by atoms with Gasteiger partial charge in [0.25, 0.3) is 0 Å². The first kappa shape index (κ1) is 22.1. The number of carbonyl (C=O) groups excluding carboxylic acids is 1. The van der Waals surface area contributed by atoms with Crippen LogP contribution in [0.2, 0.25) is 0 Å². The van der Waals surface area contributed by atoms with Gasteiger partial charge < -0.3 is 15.3 Å². The number of aromatic carboxylic acids is 1. The standard InChI is InChI=1S/C28H27FN2O3/c1-17-2-4-18(5-3-17)14-27(32)30-25-15-19(24-16-20(29)7-12-23(24)28(33)34)6-13-26(25)31(21-8-9-21)22-10-11-22/h2-7,12-13,15-16,21-22H,8-11,14H2,1H3,(H,30,32)(H,33,34). The molecule has 5 rings (SSSR count). The number of hydrogen-bond acceptors (Lipinski definition) is 3. The SMILES string of the molecule is Cc1ccc(CC(=O)Nc2cc(-c3cc(F)ccc3C(=O)O)ccc2N(C2CC2)C2CC2)cc1. The van der Waals surface area contributed by atoms with Crippen molar-refractivity contribution in [3.63, 3.8) is 0 Å². The Morgan fingerprint density at radius 2 is 1.65 bits per heavy atom. The molecule has 0 radical (unpaired) electrons. The number of aryl methyl sites for hydroxylation is 1. The molecule has 6 heteroatoms. The summed E-state index contributed by atoms with van der Waals surface area (Å²) in [6, 6.07) is 18.0. The smallest absolute Gasteiger partial charge is 0.336 e. The van der Waals surface area contributed by atoms with Crippen molar-refractivity contribution in [1.29, 1.82) is 0 Å². The molecule has 0 unspecified atom stereocenters. The highest BCUT2D eigenvalue weighted by atomic mass is 19.1. The summed E-state index contributed by atoms with van der Waals surface area (Å²) in [5.74, 6) is -1.78. The number of nitrogens with one attached hydrogen (secondary N) is 1. The molecule has 0 aromatic heterocycles. The maximum atomic E-state index is 14.0. The second kappa shape index (κ2) is 8.93. The second-order valence-corrected chi connectivity index (χ2v) is 9.31. The number of carbonyl (C=O) groups is 2. The number of halogens is 1. The van der Waals surface area contributed by atoms with E-state index in [0.717, 1.165) is 48.6 Å². The van der Waals surface area contributed by atoms with Crippen LogP contribution >= 0.6 is 0 Å². The van der Waals surface area contributed by atoms with Gasteiger partial charge in [0.2, 0.25) is 5.91 Å². The van der Waals surface area contributed by atoms with Crippen molar-refractivity contribution in [2.45, 2.75) is 51.1 Å². The van der Waals surface area contributed by atoms with Crippen LogP contribution in [-0.2, 0) is 11.2 Å². The predicted molar refractivity (Wildman–Crippen MR) is 131 cm³/mol. The van der Waals surface area contributed by atoms with Gasteiger partial charge in [0.15, 0.2) is 0 Å². The van der Waals surface area contributed by atoms with Crippen LogP contribution in [0.4, 0.5) is 15.8 Å². The van der Waals surface area contributed by atoms with Gasteiger partial charge in [-0.15, -0.1) is 0 Å². The van der Waals surface area contributed by atoms with E-state index in [1.54, 1.807) is 6.07 Å². The van der Waals surface area contributed by atoms with E-state index in [2.05, 4.69) is 10.2 Å². The van der Waals surface area contributed by atoms with Crippen molar-refractivity contribution in [3.8, 4) is 11.1 Å². The number of anilines is 2. The second-order valence-electron chi connectivity index (χ2n) is 9.31. The Hall–Kier alpha value is -3.67. The van der Waals surface area contributed by atoms with E-state index in [-0.39, 0.29) is 23.5 Å². The highest BCUT2D eigenvalue weighted by molar-refractivity contribution is 5.99. The van der Waals surface area contributed by atoms with E-state index in [0.29, 0.717) is 23.3 Å². The van der Waals surface area contributed by atoms with Crippen LogP contribution in [0, 0.1) is 12.7 Å². The predicted octanol–water partition coefficient (Wildman–Crippen LogP) is 5.81. The van der Waals surface area contributed by atoms with E-state index >= 15 is 0 Å². The summed E-state index contributed by atoms with van der Waals surface area (Å²) in [6.45, 7) is 2.00. The maximum absolute atomic E-state index is 14.0. The van der Waals surface area contributed by atoms with E-state index < -0.39 is 11.8 Å². The van der Waals surface area contributed by atoms with Crippen LogP contribution in [0.15, 0.2) is 60.7 Å². The van der Waals surface area contributed by atoms with Gasteiger partial charge in [-0.1, -0.05) is 35.9 Å². The van der Waals surface area contributed by atoms with Crippen LogP contribution in [0.1, 0.15) is 47.2 Å². The third-order valence-electron chi connectivity index (χ3n) is 6.44. The van der Waals surface area contributed by atoms with Crippen LogP contribution in [0.3, 0.4) is 0 Å². The minimum Gasteiger partial charge on any atom is -0.478 e. The minimum absolute atomic E-state index is 0.0207. The zero-order chi connectivity index (χ0) is 23.8. The fourth-order valence-electron chi connectivity index (χ4n) is 4.45. The monoisotopic (exact) mass is 458 g/mol. The Morgan fingerprint density at radius 1 is 0.971 bits per heavy atom. The zero-order valence-corrected chi connectivity index (χ0v) is 19.1. The Morgan fingerprint density at radius 3 is 2.26 bits per heavy atom. The Bertz CT molecular complexity index is 1240. The molecule has 2 aliphatic rings. The first-order chi connectivity index (χ1) is 16.4. The summed E-state index contributed by atoms with van der Waals surface area (Å²) in [5, 5.41) is 12.7. The Balaban J connectivity index is 1.52. The summed E-state index contributed by atoms with van der Waals surface area (Å²) in [6.07, 6.45) is 4.74. The van der Waals surface area contributed by atoms with Gasteiger partial charge in [-0.05, 0) is 79.6 Å². The molecule has 5 nitrogen and oxygen atoms in total. The van der Waals surface area contributed by atoms with Crippen molar-refractivity contribution < 1.29 is 19.1 Å². The van der Waals surface area contributed by atoms with Crippen LogP contribution in [-0.4, -0.2) is 29.1 Å². The molecule has 0 aliphatic heterocycles. The van der Waals surface area contributed by atoms with Crippen molar-refractivity contribution >= 4 is 23.3 Å². The first-order valence-corrected chi connectivity index (χ1v) is 11.7. The van der Waals surface area contributed by atoms with Gasteiger partial charge in [0.1, 0.15) is 5.82 Å². The lowest BCUT2D eigenvalue weighted by atomic mass is 9.98. The summed E-state index contributed by atoms with van der Waals surface area (Å²) in [7, 11) is 0. The summed E-state index contributed by atoms with van der Waals surface area (Å²) < 4.78 is 14.0. The highest BCUT2D eigenvalue weighted by Crippen LogP contribution is 2.45. The van der Waals surface area contributed by atoms with Crippen molar-refractivity contribution in [2.75, 3.05) is 10.2 Å². The largest absolute Gasteiger partial charge is 0.478 e. The zero-order valence-electron chi connectivity index (χ0n) is 19.1. The van der Waals surface area contributed by atoms with Gasteiger partial charge >= 0.3 is 5.97 Å². The highest BCUT2D eigenvalue weighted by Gasteiger charge is 2.40. The van der Waals surface area contributed by atoms with Crippen molar-refractivity contribution in [2.24, 2.45) is 0 Å². The lowest BCUT2D eigenvalue weighted by Crippen LogP contribution is -2.29. The fraction of sp³-hybridized carbons (Fsp3) is 0.286. The fourth-order valence-corrected chi connectivity index (χ4v) is 4.45. The molecule has 2 N–H and O–H groups in total. The molecule has 34 heavy (non-hydrogen) atoms. The normalized spacial score (nSPS) is 15.1. The topological polar surface area (TPSA) is 69.6 Å². The van der Waals surface area contributed by atoms with Gasteiger partial charge in [-0.2, -0.15) is 0 Å². The van der Waals surface area contributed by atoms with Gasteiger partial charge in [0.05, 0.1) is 23.4 Å². The number of benzene rings is 3. The van der Waals surface area contributed by atoms with Crippen LogP contribution < -0.4 is 10.2 Å².